The molecule has 1 atom stereocenters. The van der Waals surface area contributed by atoms with Gasteiger partial charge in [-0.15, -0.1) is 0 Å². The number of carbonyl (C=O) groups is 2. The topological polar surface area (TPSA) is 118 Å². The van der Waals surface area contributed by atoms with Gasteiger partial charge in [-0.05, 0) is 50.2 Å². The lowest BCUT2D eigenvalue weighted by Gasteiger charge is -2.28. The summed E-state index contributed by atoms with van der Waals surface area (Å²) >= 11 is 0. The maximum atomic E-state index is 15.5. The number of hydrogen-bond donors (Lipinski definition) is 2. The first kappa shape index (κ1) is 29.9. The van der Waals surface area contributed by atoms with Gasteiger partial charge in [0, 0.05) is 54.6 Å². The summed E-state index contributed by atoms with van der Waals surface area (Å²) in [7, 11) is 0. The predicted molar refractivity (Wildman–Crippen MR) is 156 cm³/mol. The number of rotatable bonds is 8. The summed E-state index contributed by atoms with van der Waals surface area (Å²) in [4.78, 5) is 32.9. The van der Waals surface area contributed by atoms with Crippen LogP contribution in [0.15, 0.2) is 12.1 Å². The van der Waals surface area contributed by atoms with Crippen molar-refractivity contribution in [3.63, 3.8) is 0 Å². The molecule has 2 aliphatic rings. The molecule has 1 unspecified atom stereocenters. The van der Waals surface area contributed by atoms with Crippen molar-refractivity contribution in [3.05, 3.63) is 46.0 Å². The van der Waals surface area contributed by atoms with Gasteiger partial charge in [-0.1, -0.05) is 20.8 Å². The van der Waals surface area contributed by atoms with Crippen molar-refractivity contribution in [1.29, 1.82) is 0 Å². The highest BCUT2D eigenvalue weighted by molar-refractivity contribution is 5.93. The molecule has 2 aliphatic heterocycles. The van der Waals surface area contributed by atoms with Crippen molar-refractivity contribution < 1.29 is 28.6 Å². The Balaban J connectivity index is 1.63. The standard InChI is InChI=1S/C31H40FN5O5/c1-18-20-7-6-12-42-28(20)23(32)15-21(18)27-26(22(30(39)40)17-31(3,4)5)19(2)34-25-16-24(35-37(25)27)29(38)33-8-9-36-10-13-41-14-11-36/h15-16,22H,6-14,17H2,1-5H3,(H,33,38)(H,39,40). The van der Waals surface area contributed by atoms with Gasteiger partial charge in [-0.2, -0.15) is 5.10 Å². The minimum absolute atomic E-state index is 0.157. The van der Waals surface area contributed by atoms with E-state index < -0.39 is 17.7 Å². The number of morpholine rings is 1. The van der Waals surface area contributed by atoms with E-state index in [-0.39, 0.29) is 22.8 Å². The van der Waals surface area contributed by atoms with Crippen LogP contribution in [0.3, 0.4) is 0 Å². The highest BCUT2D eigenvalue weighted by Gasteiger charge is 2.34. The molecule has 1 fully saturated rings. The van der Waals surface area contributed by atoms with E-state index in [0.29, 0.717) is 73.9 Å². The normalized spacial score (nSPS) is 16.6. The van der Waals surface area contributed by atoms with Crippen LogP contribution >= 0.6 is 0 Å². The molecule has 3 aromatic rings. The largest absolute Gasteiger partial charge is 0.490 e. The van der Waals surface area contributed by atoms with Gasteiger partial charge in [0.15, 0.2) is 22.9 Å². The highest BCUT2D eigenvalue weighted by atomic mass is 19.1. The van der Waals surface area contributed by atoms with Gasteiger partial charge in [0.05, 0.1) is 31.4 Å². The third-order valence-corrected chi connectivity index (χ3v) is 8.03. The number of aryl methyl sites for hydroxylation is 1. The van der Waals surface area contributed by atoms with Crippen molar-refractivity contribution in [3.8, 4) is 17.0 Å². The Morgan fingerprint density at radius 2 is 1.90 bits per heavy atom. The number of carboxylic acid groups (broad SMARTS) is 1. The van der Waals surface area contributed by atoms with Gasteiger partial charge in [0.25, 0.3) is 5.91 Å². The molecule has 0 bridgehead atoms. The summed E-state index contributed by atoms with van der Waals surface area (Å²) in [5.41, 5.74) is 3.71. The second kappa shape index (κ2) is 12.0. The Labute approximate surface area is 245 Å². The average molecular weight is 582 g/mol. The molecule has 10 nitrogen and oxygen atoms in total. The molecular weight excluding hydrogens is 541 g/mol. The lowest BCUT2D eigenvalue weighted by atomic mass is 9.79. The van der Waals surface area contributed by atoms with Crippen LogP contribution in [0, 0.1) is 25.1 Å². The molecule has 1 saturated heterocycles. The number of carboxylic acids is 1. The molecule has 0 aliphatic carbocycles. The first-order valence-corrected chi connectivity index (χ1v) is 14.6. The summed E-state index contributed by atoms with van der Waals surface area (Å²) in [5.74, 6) is -2.54. The van der Waals surface area contributed by atoms with E-state index in [1.54, 1.807) is 13.0 Å². The van der Waals surface area contributed by atoms with Crippen LogP contribution in [0.2, 0.25) is 0 Å². The third-order valence-electron chi connectivity index (χ3n) is 8.03. The number of aliphatic carboxylic acids is 1. The Morgan fingerprint density at radius 3 is 2.60 bits per heavy atom. The van der Waals surface area contributed by atoms with Crippen LogP contribution < -0.4 is 10.1 Å². The minimum atomic E-state index is -0.997. The van der Waals surface area contributed by atoms with Crippen molar-refractivity contribution in [2.24, 2.45) is 5.41 Å². The molecule has 0 saturated carbocycles. The van der Waals surface area contributed by atoms with E-state index in [0.717, 1.165) is 30.6 Å². The van der Waals surface area contributed by atoms with E-state index in [2.05, 4.69) is 15.3 Å². The van der Waals surface area contributed by atoms with E-state index in [4.69, 9.17) is 14.5 Å². The molecule has 2 N–H and O–H groups in total. The van der Waals surface area contributed by atoms with Gasteiger partial charge in [-0.3, -0.25) is 14.5 Å². The second-order valence-corrected chi connectivity index (χ2v) is 12.4. The molecule has 42 heavy (non-hydrogen) atoms. The van der Waals surface area contributed by atoms with Crippen molar-refractivity contribution >= 4 is 17.5 Å². The van der Waals surface area contributed by atoms with Crippen LogP contribution in [-0.2, 0) is 16.0 Å². The Morgan fingerprint density at radius 1 is 1.17 bits per heavy atom. The summed E-state index contributed by atoms with van der Waals surface area (Å²) < 4.78 is 28.1. The Hall–Kier alpha value is -3.57. The van der Waals surface area contributed by atoms with E-state index in [1.165, 1.54) is 10.6 Å². The van der Waals surface area contributed by atoms with Gasteiger partial charge in [0.2, 0.25) is 0 Å². The number of benzene rings is 1. The summed E-state index contributed by atoms with van der Waals surface area (Å²) in [6.45, 7) is 14.2. The zero-order valence-corrected chi connectivity index (χ0v) is 25.1. The van der Waals surface area contributed by atoms with Gasteiger partial charge in [0.1, 0.15) is 0 Å². The minimum Gasteiger partial charge on any atom is -0.490 e. The molecule has 1 aromatic carbocycles. The number of aromatic nitrogens is 3. The highest BCUT2D eigenvalue weighted by Crippen LogP contribution is 2.43. The zero-order valence-electron chi connectivity index (χ0n) is 25.1. The van der Waals surface area contributed by atoms with Crippen LogP contribution in [-0.4, -0.2) is 82.5 Å². The van der Waals surface area contributed by atoms with E-state index in [1.807, 2.05) is 27.7 Å². The molecule has 0 radical (unpaired) electrons. The second-order valence-electron chi connectivity index (χ2n) is 12.4. The van der Waals surface area contributed by atoms with Gasteiger partial charge < -0.3 is 19.9 Å². The zero-order chi connectivity index (χ0) is 30.2. The SMILES string of the molecule is Cc1nc2cc(C(=O)NCCN3CCOCC3)nn2c(-c2cc(F)c3c(c2C)CCCO3)c1C(CC(C)(C)C)C(=O)O. The number of fused-ring (bicyclic) bond motifs is 2. The molecule has 4 heterocycles. The summed E-state index contributed by atoms with van der Waals surface area (Å²) in [6.07, 6.45) is 1.73. The van der Waals surface area contributed by atoms with Crippen LogP contribution in [0.4, 0.5) is 4.39 Å². The molecular formula is C31H40FN5O5. The fourth-order valence-corrected chi connectivity index (χ4v) is 5.99. The number of hydrogen-bond acceptors (Lipinski definition) is 7. The first-order valence-electron chi connectivity index (χ1n) is 14.6. The van der Waals surface area contributed by atoms with Crippen molar-refractivity contribution in [2.45, 2.75) is 59.8 Å². The number of nitrogens with zero attached hydrogens (tertiary/aromatic N) is 4. The maximum absolute atomic E-state index is 15.5. The predicted octanol–water partition coefficient (Wildman–Crippen LogP) is 4.14. The molecule has 2 aromatic heterocycles. The molecule has 5 rings (SSSR count). The third kappa shape index (κ3) is 6.12. The van der Waals surface area contributed by atoms with Gasteiger partial charge >= 0.3 is 5.97 Å². The number of halogens is 1. The summed E-state index contributed by atoms with van der Waals surface area (Å²) in [5, 5.41) is 18.0. The average Bonchev–Trinajstić information content (AvgIpc) is 3.37. The van der Waals surface area contributed by atoms with Crippen molar-refractivity contribution in [1.82, 2.24) is 24.8 Å². The number of ether oxygens (including phenoxy) is 2. The van der Waals surface area contributed by atoms with E-state index >= 15 is 4.39 Å². The fourth-order valence-electron chi connectivity index (χ4n) is 5.99. The fraction of sp³-hybridized carbons (Fsp3) is 0.548. The lowest BCUT2D eigenvalue weighted by Crippen LogP contribution is -2.41. The molecule has 11 heteroatoms. The van der Waals surface area contributed by atoms with Gasteiger partial charge in [-0.25, -0.2) is 13.9 Å². The molecule has 0 spiro atoms. The number of nitrogens with one attached hydrogen (secondary N) is 1. The van der Waals surface area contributed by atoms with Crippen LogP contribution in [0.25, 0.3) is 16.9 Å². The Kier molecular flexibility index (Phi) is 8.52. The van der Waals surface area contributed by atoms with E-state index in [9.17, 15) is 14.7 Å². The maximum Gasteiger partial charge on any atom is 0.311 e. The first-order chi connectivity index (χ1) is 19.9. The summed E-state index contributed by atoms with van der Waals surface area (Å²) in [6, 6.07) is 2.99. The Bertz CT molecular complexity index is 1510. The van der Waals surface area contributed by atoms with Crippen molar-refractivity contribution in [2.75, 3.05) is 46.0 Å². The number of amides is 1. The lowest BCUT2D eigenvalue weighted by molar-refractivity contribution is -0.139. The van der Waals surface area contributed by atoms with Crippen LogP contribution in [0.5, 0.6) is 5.75 Å². The monoisotopic (exact) mass is 581 g/mol. The number of carbonyl (C=O) groups excluding carboxylic acids is 1. The van der Waals surface area contributed by atoms with Crippen LogP contribution in [0.1, 0.15) is 72.4 Å². The smallest absolute Gasteiger partial charge is 0.311 e. The molecule has 226 valence electrons. The molecule has 1 amide bonds. The quantitative estimate of drug-likeness (QED) is 0.408.